The van der Waals surface area contributed by atoms with E-state index in [0.717, 1.165) is 28.7 Å². The van der Waals surface area contributed by atoms with Gasteiger partial charge in [-0.05, 0) is 53.6 Å². The van der Waals surface area contributed by atoms with Crippen LogP contribution >= 0.6 is 0 Å². The Labute approximate surface area is 186 Å². The van der Waals surface area contributed by atoms with E-state index in [9.17, 15) is 14.0 Å². The van der Waals surface area contributed by atoms with Crippen LogP contribution in [0.4, 0.5) is 4.39 Å². The Balaban J connectivity index is 1.58. The lowest BCUT2D eigenvalue weighted by Gasteiger charge is -2.30. The molecule has 0 saturated carbocycles. The number of hydrogen-bond donors (Lipinski definition) is 1. The standard InChI is InChI=1S/C25H28FN3O3/c1-25(2,14-23(31)32)10-8-22(30)28-12-9-19-20-7-4-11-27-24(20)29(21(19)16-28)15-17-5-3-6-18(26)13-17/h3-7,11,13H,8-10,12,14-16H2,1-2H3,(H,31,32). The van der Waals surface area contributed by atoms with Crippen molar-refractivity contribution in [1.82, 2.24) is 14.5 Å². The summed E-state index contributed by atoms with van der Waals surface area (Å²) in [4.78, 5) is 30.5. The zero-order chi connectivity index (χ0) is 22.9. The van der Waals surface area contributed by atoms with Gasteiger partial charge in [0, 0.05) is 36.8 Å². The number of nitrogens with zero attached hydrogens (tertiary/aromatic N) is 3. The molecule has 4 rings (SSSR count). The Kier molecular flexibility index (Phi) is 6.00. The van der Waals surface area contributed by atoms with Crippen molar-refractivity contribution < 1.29 is 19.1 Å². The number of benzene rings is 1. The zero-order valence-electron chi connectivity index (χ0n) is 18.5. The number of rotatable bonds is 7. The van der Waals surface area contributed by atoms with Gasteiger partial charge in [-0.2, -0.15) is 0 Å². The number of amides is 1. The summed E-state index contributed by atoms with van der Waals surface area (Å²) in [6.07, 6.45) is 3.37. The van der Waals surface area contributed by atoms with Gasteiger partial charge < -0.3 is 14.6 Å². The third-order valence-corrected chi connectivity index (χ3v) is 6.24. The molecule has 0 saturated heterocycles. The number of aromatic nitrogens is 2. The number of carboxylic acids is 1. The van der Waals surface area contributed by atoms with Crippen molar-refractivity contribution in [3.63, 3.8) is 0 Å². The predicted octanol–water partition coefficient (Wildman–Crippen LogP) is 4.39. The monoisotopic (exact) mass is 437 g/mol. The second-order valence-corrected chi connectivity index (χ2v) is 9.32. The van der Waals surface area contributed by atoms with Crippen molar-refractivity contribution in [2.45, 2.75) is 52.6 Å². The van der Waals surface area contributed by atoms with Crippen LogP contribution in [-0.4, -0.2) is 38.0 Å². The fraction of sp³-hybridized carbons (Fsp3) is 0.400. The molecule has 168 valence electrons. The van der Waals surface area contributed by atoms with Gasteiger partial charge in [0.1, 0.15) is 11.5 Å². The minimum atomic E-state index is -0.848. The van der Waals surface area contributed by atoms with E-state index in [-0.39, 0.29) is 18.1 Å². The Morgan fingerprint density at radius 3 is 2.78 bits per heavy atom. The van der Waals surface area contributed by atoms with E-state index in [4.69, 9.17) is 5.11 Å². The first kappa shape index (κ1) is 22.0. The van der Waals surface area contributed by atoms with E-state index in [1.54, 1.807) is 12.3 Å². The molecule has 0 aliphatic carbocycles. The molecule has 0 bridgehead atoms. The lowest BCUT2D eigenvalue weighted by atomic mass is 9.84. The quantitative estimate of drug-likeness (QED) is 0.595. The van der Waals surface area contributed by atoms with Gasteiger partial charge in [-0.3, -0.25) is 9.59 Å². The smallest absolute Gasteiger partial charge is 0.303 e. The number of hydrogen-bond acceptors (Lipinski definition) is 3. The Morgan fingerprint density at radius 2 is 2.03 bits per heavy atom. The summed E-state index contributed by atoms with van der Waals surface area (Å²) < 4.78 is 15.9. The number of carbonyl (C=O) groups excluding carboxylic acids is 1. The molecule has 0 atom stereocenters. The van der Waals surface area contributed by atoms with Crippen molar-refractivity contribution in [2.75, 3.05) is 6.54 Å². The van der Waals surface area contributed by atoms with Crippen molar-refractivity contribution in [2.24, 2.45) is 5.41 Å². The lowest BCUT2D eigenvalue weighted by Crippen LogP contribution is -2.37. The van der Waals surface area contributed by atoms with Crippen molar-refractivity contribution >= 4 is 22.9 Å². The molecule has 1 aliphatic rings. The highest BCUT2D eigenvalue weighted by atomic mass is 19.1. The number of halogens is 1. The fourth-order valence-electron chi connectivity index (χ4n) is 4.56. The average molecular weight is 438 g/mol. The highest BCUT2D eigenvalue weighted by Gasteiger charge is 2.29. The van der Waals surface area contributed by atoms with Crippen LogP contribution in [0.5, 0.6) is 0 Å². The average Bonchev–Trinajstić information content (AvgIpc) is 3.04. The second kappa shape index (κ2) is 8.73. The molecule has 0 radical (unpaired) electrons. The molecule has 2 aromatic heterocycles. The predicted molar refractivity (Wildman–Crippen MR) is 120 cm³/mol. The first-order chi connectivity index (χ1) is 15.2. The molecule has 32 heavy (non-hydrogen) atoms. The van der Waals surface area contributed by atoms with Gasteiger partial charge in [0.15, 0.2) is 0 Å². The van der Waals surface area contributed by atoms with Gasteiger partial charge in [-0.25, -0.2) is 9.37 Å². The normalized spacial score (nSPS) is 13.9. The summed E-state index contributed by atoms with van der Waals surface area (Å²) in [6.45, 7) is 5.34. The zero-order valence-corrected chi connectivity index (χ0v) is 18.5. The van der Waals surface area contributed by atoms with Crippen LogP contribution in [0, 0.1) is 11.2 Å². The van der Waals surface area contributed by atoms with Crippen molar-refractivity contribution in [3.05, 3.63) is 65.2 Å². The third-order valence-electron chi connectivity index (χ3n) is 6.24. The van der Waals surface area contributed by atoms with E-state index in [0.29, 0.717) is 32.5 Å². The maximum Gasteiger partial charge on any atom is 0.303 e. The maximum absolute atomic E-state index is 13.8. The Bertz CT molecular complexity index is 1170. The van der Waals surface area contributed by atoms with Crippen LogP contribution in [0.25, 0.3) is 11.0 Å². The van der Waals surface area contributed by atoms with Crippen molar-refractivity contribution in [3.8, 4) is 0 Å². The first-order valence-corrected chi connectivity index (χ1v) is 10.9. The molecule has 1 aromatic carbocycles. The molecule has 3 aromatic rings. The molecule has 3 heterocycles. The van der Waals surface area contributed by atoms with Gasteiger partial charge in [0.2, 0.25) is 5.91 Å². The van der Waals surface area contributed by atoms with E-state index in [1.807, 2.05) is 30.9 Å². The van der Waals surface area contributed by atoms with Crippen LogP contribution in [0.1, 0.15) is 49.9 Å². The number of carboxylic acid groups (broad SMARTS) is 1. The van der Waals surface area contributed by atoms with Crippen LogP contribution in [0.15, 0.2) is 42.6 Å². The highest BCUT2D eigenvalue weighted by molar-refractivity contribution is 5.84. The molecule has 0 fully saturated rings. The SMILES string of the molecule is CC(C)(CCC(=O)N1CCc2c(n(Cc3cccc(F)c3)c3ncccc23)C1)CC(=O)O. The van der Waals surface area contributed by atoms with Gasteiger partial charge in [0.05, 0.1) is 13.0 Å². The minimum absolute atomic E-state index is 0.0321. The molecular weight excluding hydrogens is 409 g/mol. The molecule has 1 aliphatic heterocycles. The minimum Gasteiger partial charge on any atom is -0.481 e. The van der Waals surface area contributed by atoms with Gasteiger partial charge in [0.25, 0.3) is 0 Å². The topological polar surface area (TPSA) is 75.4 Å². The van der Waals surface area contributed by atoms with E-state index in [2.05, 4.69) is 15.6 Å². The largest absolute Gasteiger partial charge is 0.481 e. The summed E-state index contributed by atoms with van der Waals surface area (Å²) in [7, 11) is 0. The Hall–Kier alpha value is -3.22. The van der Waals surface area contributed by atoms with E-state index >= 15 is 0 Å². The third kappa shape index (κ3) is 4.66. The lowest BCUT2D eigenvalue weighted by molar-refractivity contribution is -0.140. The van der Waals surface area contributed by atoms with Gasteiger partial charge >= 0.3 is 5.97 Å². The summed E-state index contributed by atoms with van der Waals surface area (Å²) in [5, 5.41) is 10.2. The summed E-state index contributed by atoms with van der Waals surface area (Å²) in [5.41, 5.74) is 3.48. The highest BCUT2D eigenvalue weighted by Crippen LogP contribution is 2.32. The molecule has 0 spiro atoms. The molecule has 7 heteroatoms. The first-order valence-electron chi connectivity index (χ1n) is 10.9. The van der Waals surface area contributed by atoms with Gasteiger partial charge in [-0.15, -0.1) is 0 Å². The Morgan fingerprint density at radius 1 is 1.22 bits per heavy atom. The van der Waals surface area contributed by atoms with Crippen molar-refractivity contribution in [1.29, 1.82) is 0 Å². The number of fused-ring (bicyclic) bond motifs is 3. The summed E-state index contributed by atoms with van der Waals surface area (Å²) in [5.74, 6) is -1.09. The van der Waals surface area contributed by atoms with Crippen LogP contribution in [-0.2, 0) is 29.1 Å². The number of aliphatic carboxylic acids is 1. The maximum atomic E-state index is 13.8. The van der Waals surface area contributed by atoms with E-state index in [1.165, 1.54) is 17.7 Å². The summed E-state index contributed by atoms with van der Waals surface area (Å²) >= 11 is 0. The second-order valence-electron chi connectivity index (χ2n) is 9.32. The number of carbonyl (C=O) groups is 2. The van der Waals surface area contributed by atoms with Crippen LogP contribution < -0.4 is 0 Å². The van der Waals surface area contributed by atoms with Crippen LogP contribution in [0.3, 0.4) is 0 Å². The molecule has 0 unspecified atom stereocenters. The van der Waals surface area contributed by atoms with E-state index < -0.39 is 11.4 Å². The summed E-state index contributed by atoms with van der Waals surface area (Å²) in [6, 6.07) is 10.5. The molecular formula is C25H28FN3O3. The fourth-order valence-corrected chi connectivity index (χ4v) is 4.56. The molecule has 1 N–H and O–H groups in total. The van der Waals surface area contributed by atoms with Crippen LogP contribution in [0.2, 0.25) is 0 Å². The molecule has 1 amide bonds. The molecule has 6 nitrogen and oxygen atoms in total. The number of pyridine rings is 1. The van der Waals surface area contributed by atoms with Gasteiger partial charge in [-0.1, -0.05) is 26.0 Å².